The van der Waals surface area contributed by atoms with Crippen LogP contribution in [0.15, 0.2) is 24.3 Å². The zero-order valence-electron chi connectivity index (χ0n) is 10.0. The fourth-order valence-corrected chi connectivity index (χ4v) is 1.50. The summed E-state index contributed by atoms with van der Waals surface area (Å²) in [6.07, 6.45) is -0.963. The number of aliphatic hydroxyl groups excluding tert-OH is 2. The minimum absolute atomic E-state index is 0.0441. The Bertz CT molecular complexity index is 346. The molecule has 2 unspecified atom stereocenters. The van der Waals surface area contributed by atoms with Gasteiger partial charge in [-0.3, -0.25) is 0 Å². The zero-order chi connectivity index (χ0) is 14.3. The number of rotatable bonds is 9. The van der Waals surface area contributed by atoms with Crippen LogP contribution < -0.4 is 0 Å². The summed E-state index contributed by atoms with van der Waals surface area (Å²) in [7, 11) is 0. The Hall–Kier alpha value is -1.66. The predicted molar refractivity (Wildman–Crippen MR) is 64.0 cm³/mol. The first-order chi connectivity index (χ1) is 8.27. The van der Waals surface area contributed by atoms with Crippen molar-refractivity contribution < 1.29 is 30.0 Å². The topological polar surface area (TPSA) is 115 Å². The average molecular weight is 258 g/mol. The Morgan fingerprint density at radius 1 is 1.00 bits per heavy atom. The lowest BCUT2D eigenvalue weighted by atomic mass is 9.92. The highest BCUT2D eigenvalue weighted by Crippen LogP contribution is 2.19. The number of carbonyl (C=O) groups is 2. The first-order valence-corrected chi connectivity index (χ1v) is 5.39. The largest absolute Gasteiger partial charge is 0.478 e. The van der Waals surface area contributed by atoms with E-state index in [1.54, 1.807) is 0 Å². The summed E-state index contributed by atoms with van der Waals surface area (Å²) < 4.78 is 0. The Morgan fingerprint density at radius 3 is 1.83 bits per heavy atom. The van der Waals surface area contributed by atoms with Crippen LogP contribution >= 0.6 is 0 Å². The van der Waals surface area contributed by atoms with Crippen LogP contribution in [0.5, 0.6) is 0 Å². The molecule has 2 atom stereocenters. The molecule has 0 aliphatic carbocycles. The van der Waals surface area contributed by atoms with Crippen molar-refractivity contribution in [2.45, 2.75) is 25.4 Å². The fraction of sp³-hybridized carbons (Fsp3) is 0.500. The second-order valence-electron chi connectivity index (χ2n) is 4.16. The molecule has 18 heavy (non-hydrogen) atoms. The SMILES string of the molecule is C=C(CC(O)CC(CO)CC(=C)C(=O)O)C(=O)O. The summed E-state index contributed by atoms with van der Waals surface area (Å²) in [5.41, 5.74) is -0.186. The highest BCUT2D eigenvalue weighted by atomic mass is 16.4. The van der Waals surface area contributed by atoms with Crippen LogP contribution in [0.25, 0.3) is 0 Å². The van der Waals surface area contributed by atoms with Crippen LogP contribution in [0.4, 0.5) is 0 Å². The van der Waals surface area contributed by atoms with Gasteiger partial charge in [-0.1, -0.05) is 13.2 Å². The summed E-state index contributed by atoms with van der Waals surface area (Å²) >= 11 is 0. The van der Waals surface area contributed by atoms with Crippen LogP contribution in [0.2, 0.25) is 0 Å². The zero-order valence-corrected chi connectivity index (χ0v) is 10.0. The Morgan fingerprint density at radius 2 is 1.44 bits per heavy atom. The number of aliphatic hydroxyl groups is 2. The molecule has 0 bridgehead atoms. The third-order valence-corrected chi connectivity index (χ3v) is 2.49. The predicted octanol–water partition coefficient (Wildman–Crippen LogP) is 0.408. The Kier molecular flexibility index (Phi) is 6.92. The van der Waals surface area contributed by atoms with Gasteiger partial charge in [-0.15, -0.1) is 0 Å². The molecule has 0 heterocycles. The minimum Gasteiger partial charge on any atom is -0.478 e. The lowest BCUT2D eigenvalue weighted by molar-refractivity contribution is -0.133. The van der Waals surface area contributed by atoms with Gasteiger partial charge < -0.3 is 20.4 Å². The molecule has 0 aromatic heterocycles. The van der Waals surface area contributed by atoms with Gasteiger partial charge in [0.1, 0.15) is 0 Å². The van der Waals surface area contributed by atoms with Gasteiger partial charge in [0.2, 0.25) is 0 Å². The maximum atomic E-state index is 10.6. The van der Waals surface area contributed by atoms with E-state index in [0.717, 1.165) is 0 Å². The third-order valence-electron chi connectivity index (χ3n) is 2.49. The molecular weight excluding hydrogens is 240 g/mol. The number of carboxylic acid groups (broad SMARTS) is 2. The molecule has 0 fully saturated rings. The van der Waals surface area contributed by atoms with Crippen LogP contribution in [-0.2, 0) is 9.59 Å². The quantitative estimate of drug-likeness (QED) is 0.445. The van der Waals surface area contributed by atoms with E-state index in [4.69, 9.17) is 15.3 Å². The van der Waals surface area contributed by atoms with Gasteiger partial charge in [0.15, 0.2) is 0 Å². The van der Waals surface area contributed by atoms with Crippen molar-refractivity contribution in [2.24, 2.45) is 5.92 Å². The van der Waals surface area contributed by atoms with Gasteiger partial charge in [-0.05, 0) is 18.8 Å². The summed E-state index contributed by atoms with van der Waals surface area (Å²) in [6.45, 7) is 6.31. The van der Waals surface area contributed by atoms with E-state index in [9.17, 15) is 14.7 Å². The van der Waals surface area contributed by atoms with Crippen molar-refractivity contribution in [2.75, 3.05) is 6.61 Å². The van der Waals surface area contributed by atoms with Gasteiger partial charge in [0.05, 0.1) is 6.10 Å². The van der Waals surface area contributed by atoms with Gasteiger partial charge >= 0.3 is 11.9 Å². The molecule has 102 valence electrons. The van der Waals surface area contributed by atoms with E-state index >= 15 is 0 Å². The molecule has 0 amide bonds. The van der Waals surface area contributed by atoms with Crippen LogP contribution in [-0.4, -0.2) is 45.1 Å². The molecule has 0 spiro atoms. The highest BCUT2D eigenvalue weighted by molar-refractivity contribution is 5.86. The van der Waals surface area contributed by atoms with Crippen molar-refractivity contribution in [3.63, 3.8) is 0 Å². The van der Waals surface area contributed by atoms with E-state index in [1.807, 2.05) is 0 Å². The number of hydrogen-bond acceptors (Lipinski definition) is 4. The molecule has 0 rings (SSSR count). The Balaban J connectivity index is 4.28. The molecule has 0 aromatic rings. The molecule has 4 N–H and O–H groups in total. The fourth-order valence-electron chi connectivity index (χ4n) is 1.50. The molecular formula is C12H18O6. The van der Waals surface area contributed by atoms with E-state index in [1.165, 1.54) is 0 Å². The van der Waals surface area contributed by atoms with E-state index in [-0.39, 0.29) is 37.0 Å². The minimum atomic E-state index is -1.19. The number of hydrogen-bond donors (Lipinski definition) is 4. The first kappa shape index (κ1) is 16.3. The van der Waals surface area contributed by atoms with Crippen LogP contribution in [0.1, 0.15) is 19.3 Å². The third kappa shape index (κ3) is 6.17. The molecule has 0 aliphatic heterocycles. The van der Waals surface area contributed by atoms with Crippen LogP contribution in [0.3, 0.4) is 0 Å². The van der Waals surface area contributed by atoms with Crippen molar-refractivity contribution in [3.05, 3.63) is 24.3 Å². The smallest absolute Gasteiger partial charge is 0.331 e. The molecule has 0 saturated heterocycles. The van der Waals surface area contributed by atoms with E-state index < -0.39 is 24.0 Å². The average Bonchev–Trinajstić information content (AvgIpc) is 2.27. The monoisotopic (exact) mass is 258 g/mol. The lowest BCUT2D eigenvalue weighted by Gasteiger charge is -2.18. The lowest BCUT2D eigenvalue weighted by Crippen LogP contribution is -2.20. The first-order valence-electron chi connectivity index (χ1n) is 5.39. The van der Waals surface area contributed by atoms with E-state index in [0.29, 0.717) is 0 Å². The molecule has 0 aliphatic rings. The maximum absolute atomic E-state index is 10.6. The van der Waals surface area contributed by atoms with Crippen molar-refractivity contribution in [1.29, 1.82) is 0 Å². The molecule has 0 aromatic carbocycles. The van der Waals surface area contributed by atoms with Crippen molar-refractivity contribution in [3.8, 4) is 0 Å². The Labute approximate surface area is 105 Å². The highest BCUT2D eigenvalue weighted by Gasteiger charge is 2.19. The molecule has 6 nitrogen and oxygen atoms in total. The van der Waals surface area contributed by atoms with Crippen molar-refractivity contribution >= 4 is 11.9 Å². The normalized spacial score (nSPS) is 13.7. The second kappa shape index (κ2) is 7.62. The maximum Gasteiger partial charge on any atom is 0.331 e. The summed E-state index contributed by atoms with van der Waals surface area (Å²) in [4.78, 5) is 21.1. The summed E-state index contributed by atoms with van der Waals surface area (Å²) in [6, 6.07) is 0. The van der Waals surface area contributed by atoms with Crippen LogP contribution in [0, 0.1) is 5.92 Å². The van der Waals surface area contributed by atoms with Gasteiger partial charge in [-0.2, -0.15) is 0 Å². The summed E-state index contributed by atoms with van der Waals surface area (Å²) in [5.74, 6) is -2.81. The van der Waals surface area contributed by atoms with E-state index in [2.05, 4.69) is 13.2 Å². The molecule has 0 saturated carbocycles. The molecule has 0 radical (unpaired) electrons. The second-order valence-corrected chi connectivity index (χ2v) is 4.16. The summed E-state index contributed by atoms with van der Waals surface area (Å²) in [5, 5.41) is 35.9. The number of aliphatic carboxylic acids is 2. The van der Waals surface area contributed by atoms with Gasteiger partial charge in [0, 0.05) is 24.2 Å². The van der Waals surface area contributed by atoms with Gasteiger partial charge in [0.25, 0.3) is 0 Å². The van der Waals surface area contributed by atoms with Crippen molar-refractivity contribution in [1.82, 2.24) is 0 Å². The molecule has 6 heteroatoms. The van der Waals surface area contributed by atoms with Gasteiger partial charge in [-0.25, -0.2) is 9.59 Å². The standard InChI is InChI=1S/C12H18O6/c1-7(11(15)16)3-9(6-13)5-10(14)4-8(2)12(17)18/h9-10,13-14H,1-6H2,(H,15,16)(H,17,18). The number of carboxylic acids is 2.